The SMILES string of the molecule is CCCCCCC1CC1CCCCCCC(C=O)([N+](=O)[O-])[N+](=O)[O-]. The van der Waals surface area contributed by atoms with Crippen LogP contribution in [0.2, 0.25) is 0 Å². The lowest BCUT2D eigenvalue weighted by Gasteiger charge is -2.10. The molecule has 0 N–H and O–H groups in total. The van der Waals surface area contributed by atoms with Crippen LogP contribution in [0.15, 0.2) is 0 Å². The summed E-state index contributed by atoms with van der Waals surface area (Å²) in [5.41, 5.74) is -2.65. The molecule has 0 saturated heterocycles. The molecule has 1 rings (SSSR count). The molecule has 7 heteroatoms. The van der Waals surface area contributed by atoms with Gasteiger partial charge in [0, 0.05) is 0 Å². The summed E-state index contributed by atoms with van der Waals surface area (Å²) in [7, 11) is 0. The van der Waals surface area contributed by atoms with Crippen molar-refractivity contribution in [2.75, 3.05) is 0 Å². The molecule has 0 radical (unpaired) electrons. The Labute approximate surface area is 143 Å². The van der Waals surface area contributed by atoms with Crippen molar-refractivity contribution in [3.8, 4) is 0 Å². The predicted molar refractivity (Wildman–Crippen MR) is 90.8 cm³/mol. The maximum atomic E-state index is 10.8. The topological polar surface area (TPSA) is 103 Å². The van der Waals surface area contributed by atoms with Gasteiger partial charge in [-0.2, -0.15) is 0 Å². The van der Waals surface area contributed by atoms with Crippen molar-refractivity contribution in [2.24, 2.45) is 11.8 Å². The van der Waals surface area contributed by atoms with Gasteiger partial charge in [-0.05, 0) is 24.7 Å². The van der Waals surface area contributed by atoms with Gasteiger partial charge in [0.25, 0.3) is 6.29 Å². The van der Waals surface area contributed by atoms with Crippen LogP contribution >= 0.6 is 0 Å². The van der Waals surface area contributed by atoms with E-state index in [2.05, 4.69) is 6.92 Å². The molecule has 0 aromatic rings. The first-order chi connectivity index (χ1) is 11.5. The molecule has 7 nitrogen and oxygen atoms in total. The van der Waals surface area contributed by atoms with Crippen molar-refractivity contribution >= 4 is 6.29 Å². The second kappa shape index (κ2) is 10.4. The first-order valence-corrected chi connectivity index (χ1v) is 9.23. The number of nitro groups is 2. The number of hydrogen-bond donors (Lipinski definition) is 0. The maximum Gasteiger partial charge on any atom is 0.512 e. The van der Waals surface area contributed by atoms with Gasteiger partial charge in [-0.3, -0.25) is 25.0 Å². The molecular weight excluding hydrogens is 312 g/mol. The molecule has 24 heavy (non-hydrogen) atoms. The van der Waals surface area contributed by atoms with Crippen LogP contribution in [0.25, 0.3) is 0 Å². The molecule has 0 spiro atoms. The highest BCUT2D eigenvalue weighted by Crippen LogP contribution is 2.45. The van der Waals surface area contributed by atoms with E-state index in [1.165, 1.54) is 44.9 Å². The van der Waals surface area contributed by atoms with Gasteiger partial charge >= 0.3 is 5.66 Å². The lowest BCUT2D eigenvalue weighted by Crippen LogP contribution is -2.47. The molecular formula is C17H30N2O5. The summed E-state index contributed by atoms with van der Waals surface area (Å²) in [6.45, 7) is 2.22. The summed E-state index contributed by atoms with van der Waals surface area (Å²) in [6.07, 6.45) is 11.7. The van der Waals surface area contributed by atoms with Crippen LogP contribution < -0.4 is 0 Å². The van der Waals surface area contributed by atoms with E-state index in [0.717, 1.165) is 24.7 Å². The summed E-state index contributed by atoms with van der Waals surface area (Å²) >= 11 is 0. The zero-order valence-electron chi connectivity index (χ0n) is 14.7. The third-order valence-corrected chi connectivity index (χ3v) is 5.19. The third-order valence-electron chi connectivity index (χ3n) is 5.19. The van der Waals surface area contributed by atoms with Crippen LogP contribution in [0.1, 0.15) is 84.0 Å². The minimum absolute atomic E-state index is 0.139. The molecule has 0 aliphatic heterocycles. The number of carbonyl (C=O) groups is 1. The summed E-state index contributed by atoms with van der Waals surface area (Å²) in [4.78, 5) is 30.3. The summed E-state index contributed by atoms with van der Waals surface area (Å²) < 4.78 is 0. The van der Waals surface area contributed by atoms with Gasteiger partial charge in [-0.15, -0.1) is 0 Å². The Balaban J connectivity index is 2.08. The van der Waals surface area contributed by atoms with Crippen LogP contribution in [0.5, 0.6) is 0 Å². The number of nitrogens with zero attached hydrogens (tertiary/aromatic N) is 2. The minimum Gasteiger partial charge on any atom is -0.287 e. The molecule has 1 aliphatic rings. The van der Waals surface area contributed by atoms with E-state index in [1.807, 2.05) is 0 Å². The Morgan fingerprint density at radius 3 is 1.88 bits per heavy atom. The van der Waals surface area contributed by atoms with Crippen molar-refractivity contribution < 1.29 is 14.6 Å². The number of rotatable bonds is 15. The van der Waals surface area contributed by atoms with Crippen LogP contribution in [0, 0.1) is 32.1 Å². The zero-order valence-corrected chi connectivity index (χ0v) is 14.7. The molecule has 1 saturated carbocycles. The first-order valence-electron chi connectivity index (χ1n) is 9.23. The average Bonchev–Trinajstić information content (AvgIpc) is 3.29. The Bertz CT molecular complexity index is 413. The van der Waals surface area contributed by atoms with Crippen molar-refractivity contribution in [3.63, 3.8) is 0 Å². The van der Waals surface area contributed by atoms with Gasteiger partial charge in [0.1, 0.15) is 9.85 Å². The van der Waals surface area contributed by atoms with Crippen molar-refractivity contribution in [1.82, 2.24) is 0 Å². The second-order valence-electron chi connectivity index (χ2n) is 7.07. The quantitative estimate of drug-likeness (QED) is 0.144. The Morgan fingerprint density at radius 1 is 0.917 bits per heavy atom. The zero-order chi connectivity index (χ0) is 18.0. The molecule has 1 fully saturated rings. The fourth-order valence-electron chi connectivity index (χ4n) is 3.39. The van der Waals surface area contributed by atoms with E-state index in [9.17, 15) is 25.0 Å². The van der Waals surface area contributed by atoms with E-state index in [1.54, 1.807) is 0 Å². The standard InChI is InChI=1S/C17H30N2O5/c1-2-3-4-7-10-15-13-16(15)11-8-5-6-9-12-17(14-20,18(21)22)19(23)24/h14-16H,2-13H2,1H3. The van der Waals surface area contributed by atoms with Gasteiger partial charge in [-0.25, -0.2) is 0 Å². The van der Waals surface area contributed by atoms with Gasteiger partial charge in [0.05, 0.1) is 6.42 Å². The van der Waals surface area contributed by atoms with E-state index < -0.39 is 15.5 Å². The van der Waals surface area contributed by atoms with Crippen LogP contribution in [0.4, 0.5) is 0 Å². The normalized spacial score (nSPS) is 19.9. The van der Waals surface area contributed by atoms with Crippen LogP contribution in [-0.2, 0) is 4.79 Å². The monoisotopic (exact) mass is 342 g/mol. The van der Waals surface area contributed by atoms with Gasteiger partial charge in [0.2, 0.25) is 0 Å². The molecule has 0 aromatic heterocycles. The molecule has 0 bridgehead atoms. The fourth-order valence-corrected chi connectivity index (χ4v) is 3.39. The summed E-state index contributed by atoms with van der Waals surface area (Å²) in [5, 5.41) is 21.6. The van der Waals surface area contributed by atoms with Crippen molar-refractivity contribution in [3.05, 3.63) is 20.2 Å². The summed E-state index contributed by atoms with van der Waals surface area (Å²) in [5.74, 6) is 1.74. The number of aldehydes is 1. The lowest BCUT2D eigenvalue weighted by atomic mass is 10.0. The Hall–Kier alpha value is -1.53. The Kier molecular flexibility index (Phi) is 8.85. The van der Waals surface area contributed by atoms with E-state index in [4.69, 9.17) is 0 Å². The third kappa shape index (κ3) is 6.17. The second-order valence-corrected chi connectivity index (χ2v) is 7.07. The maximum absolute atomic E-state index is 10.8. The smallest absolute Gasteiger partial charge is 0.287 e. The summed E-state index contributed by atoms with van der Waals surface area (Å²) in [6, 6.07) is 0. The molecule has 1 aliphatic carbocycles. The molecule has 0 aromatic carbocycles. The van der Waals surface area contributed by atoms with Gasteiger partial charge < -0.3 is 0 Å². The molecule has 0 amide bonds. The van der Waals surface area contributed by atoms with Gasteiger partial charge in [-0.1, -0.05) is 64.7 Å². The fraction of sp³-hybridized carbons (Fsp3) is 0.941. The van der Waals surface area contributed by atoms with E-state index in [-0.39, 0.29) is 12.7 Å². The van der Waals surface area contributed by atoms with Crippen molar-refractivity contribution in [1.29, 1.82) is 0 Å². The minimum atomic E-state index is -2.65. The average molecular weight is 342 g/mol. The van der Waals surface area contributed by atoms with E-state index >= 15 is 0 Å². The number of hydrogen-bond acceptors (Lipinski definition) is 5. The van der Waals surface area contributed by atoms with Gasteiger partial charge in [0.15, 0.2) is 0 Å². The van der Waals surface area contributed by atoms with Crippen molar-refractivity contribution in [2.45, 2.75) is 89.6 Å². The molecule has 2 unspecified atom stereocenters. The van der Waals surface area contributed by atoms with Crippen LogP contribution in [0.3, 0.4) is 0 Å². The molecule has 138 valence electrons. The number of unbranched alkanes of at least 4 members (excludes halogenated alkanes) is 6. The largest absolute Gasteiger partial charge is 0.512 e. The van der Waals surface area contributed by atoms with Crippen LogP contribution in [-0.4, -0.2) is 21.8 Å². The van der Waals surface area contributed by atoms with E-state index in [0.29, 0.717) is 12.8 Å². The Morgan fingerprint density at radius 2 is 1.42 bits per heavy atom. The highest BCUT2D eigenvalue weighted by atomic mass is 16.7. The number of carbonyl (C=O) groups excluding carboxylic acids is 1. The first kappa shape index (κ1) is 20.5. The highest BCUT2D eigenvalue weighted by Gasteiger charge is 2.55. The predicted octanol–water partition coefficient (Wildman–Crippen LogP) is 4.38. The highest BCUT2D eigenvalue weighted by molar-refractivity contribution is 5.59. The molecule has 0 heterocycles. The molecule has 2 atom stereocenters. The lowest BCUT2D eigenvalue weighted by molar-refractivity contribution is -0.774.